The van der Waals surface area contributed by atoms with Crippen molar-refractivity contribution in [3.05, 3.63) is 29.3 Å². The number of amides is 1. The number of aryl methyl sites for hydroxylation is 1. The molecule has 1 amide bonds. The smallest absolute Gasteiger partial charge is 0.337 e. The third kappa shape index (κ3) is 3.81. The molecule has 5 nitrogen and oxygen atoms in total. The zero-order chi connectivity index (χ0) is 14.5. The molecule has 0 spiro atoms. The molecule has 1 aromatic rings. The molecule has 0 bridgehead atoms. The van der Waals surface area contributed by atoms with Gasteiger partial charge >= 0.3 is 5.97 Å². The molecule has 1 aromatic carbocycles. The number of carbonyl (C=O) groups is 2. The topological polar surface area (TPSA) is 75.6 Å². The molecule has 1 heterocycles. The fraction of sp³-hybridized carbons (Fsp3) is 0.467. The van der Waals surface area contributed by atoms with Crippen LogP contribution in [0.1, 0.15) is 35.2 Å². The first kappa shape index (κ1) is 14.5. The van der Waals surface area contributed by atoms with E-state index in [1.807, 2.05) is 6.92 Å². The molecule has 2 rings (SSSR count). The van der Waals surface area contributed by atoms with Crippen LogP contribution in [0.25, 0.3) is 0 Å². The quantitative estimate of drug-likeness (QED) is 0.886. The van der Waals surface area contributed by atoms with Gasteiger partial charge in [-0.1, -0.05) is 11.6 Å². The monoisotopic (exact) mass is 277 g/mol. The van der Waals surface area contributed by atoms with Crippen LogP contribution in [0.5, 0.6) is 0 Å². The van der Waals surface area contributed by atoms with Crippen molar-refractivity contribution in [1.82, 2.24) is 0 Å². The Morgan fingerprint density at radius 1 is 1.35 bits per heavy atom. The Morgan fingerprint density at radius 3 is 2.70 bits per heavy atom. The third-order valence-electron chi connectivity index (χ3n) is 3.49. The van der Waals surface area contributed by atoms with E-state index in [1.165, 1.54) is 0 Å². The van der Waals surface area contributed by atoms with Gasteiger partial charge in [0.15, 0.2) is 0 Å². The predicted molar refractivity (Wildman–Crippen MR) is 74.9 cm³/mol. The summed E-state index contributed by atoms with van der Waals surface area (Å²) >= 11 is 0. The van der Waals surface area contributed by atoms with Gasteiger partial charge in [-0.05, 0) is 37.8 Å². The zero-order valence-electron chi connectivity index (χ0n) is 11.5. The van der Waals surface area contributed by atoms with E-state index in [-0.39, 0.29) is 11.5 Å². The average molecular weight is 277 g/mol. The van der Waals surface area contributed by atoms with Crippen LogP contribution in [0.4, 0.5) is 5.69 Å². The minimum Gasteiger partial charge on any atom is -0.478 e. The minimum absolute atomic E-state index is 0.130. The van der Waals surface area contributed by atoms with Gasteiger partial charge in [-0.2, -0.15) is 0 Å². The molecule has 0 radical (unpaired) electrons. The van der Waals surface area contributed by atoms with Crippen molar-refractivity contribution in [2.75, 3.05) is 18.5 Å². The molecular formula is C15H19NO4. The number of carboxylic acid groups (broad SMARTS) is 1. The van der Waals surface area contributed by atoms with Crippen LogP contribution in [0.15, 0.2) is 18.2 Å². The van der Waals surface area contributed by atoms with Gasteiger partial charge in [-0.25, -0.2) is 4.79 Å². The SMILES string of the molecule is Cc1ccc(NC(=O)CC2CCOCC2)c(C(=O)O)c1. The molecule has 1 saturated heterocycles. The number of carboxylic acids is 1. The van der Waals surface area contributed by atoms with Crippen molar-refractivity contribution < 1.29 is 19.4 Å². The fourth-order valence-corrected chi connectivity index (χ4v) is 2.36. The average Bonchev–Trinajstić information content (AvgIpc) is 2.41. The summed E-state index contributed by atoms with van der Waals surface area (Å²) in [6.07, 6.45) is 2.18. The summed E-state index contributed by atoms with van der Waals surface area (Å²) < 4.78 is 5.25. The molecule has 1 aliphatic heterocycles. The first-order valence-electron chi connectivity index (χ1n) is 6.78. The van der Waals surface area contributed by atoms with Crippen LogP contribution >= 0.6 is 0 Å². The number of benzene rings is 1. The summed E-state index contributed by atoms with van der Waals surface area (Å²) in [6.45, 7) is 3.21. The van der Waals surface area contributed by atoms with E-state index in [0.29, 0.717) is 31.2 Å². The lowest BCUT2D eigenvalue weighted by atomic mass is 9.96. The highest BCUT2D eigenvalue weighted by Gasteiger charge is 2.19. The van der Waals surface area contributed by atoms with Crippen LogP contribution in [0, 0.1) is 12.8 Å². The highest BCUT2D eigenvalue weighted by atomic mass is 16.5. The Labute approximate surface area is 117 Å². The van der Waals surface area contributed by atoms with Crippen LogP contribution in [0.2, 0.25) is 0 Å². The van der Waals surface area contributed by atoms with Crippen molar-refractivity contribution in [1.29, 1.82) is 0 Å². The summed E-state index contributed by atoms with van der Waals surface area (Å²) in [5, 5.41) is 11.9. The molecular weight excluding hydrogens is 258 g/mol. The summed E-state index contributed by atoms with van der Waals surface area (Å²) in [5.41, 5.74) is 1.34. The highest BCUT2D eigenvalue weighted by Crippen LogP contribution is 2.21. The number of aromatic carboxylic acids is 1. The lowest BCUT2D eigenvalue weighted by Gasteiger charge is -2.21. The predicted octanol–water partition coefficient (Wildman–Crippen LogP) is 2.45. The van der Waals surface area contributed by atoms with Gasteiger partial charge in [0.2, 0.25) is 5.91 Å². The number of carbonyl (C=O) groups excluding carboxylic acids is 1. The largest absolute Gasteiger partial charge is 0.478 e. The molecule has 5 heteroatoms. The Morgan fingerprint density at radius 2 is 2.05 bits per heavy atom. The van der Waals surface area contributed by atoms with Gasteiger partial charge in [-0.15, -0.1) is 0 Å². The summed E-state index contributed by atoms with van der Waals surface area (Å²) in [4.78, 5) is 23.2. The zero-order valence-corrected chi connectivity index (χ0v) is 11.5. The molecule has 0 saturated carbocycles. The van der Waals surface area contributed by atoms with Gasteiger partial charge in [0.25, 0.3) is 0 Å². The van der Waals surface area contributed by atoms with Gasteiger partial charge in [-0.3, -0.25) is 4.79 Å². The summed E-state index contributed by atoms with van der Waals surface area (Å²) in [6, 6.07) is 4.99. The minimum atomic E-state index is -1.03. The lowest BCUT2D eigenvalue weighted by Crippen LogP contribution is -2.23. The first-order valence-corrected chi connectivity index (χ1v) is 6.78. The molecule has 1 aliphatic rings. The van der Waals surface area contributed by atoms with E-state index in [1.54, 1.807) is 18.2 Å². The Hall–Kier alpha value is -1.88. The van der Waals surface area contributed by atoms with Gasteiger partial charge in [0.1, 0.15) is 0 Å². The van der Waals surface area contributed by atoms with Crippen molar-refractivity contribution in [2.45, 2.75) is 26.2 Å². The van der Waals surface area contributed by atoms with Crippen LogP contribution < -0.4 is 5.32 Å². The maximum Gasteiger partial charge on any atom is 0.337 e. The highest BCUT2D eigenvalue weighted by molar-refractivity contribution is 6.00. The van der Waals surface area contributed by atoms with E-state index < -0.39 is 5.97 Å². The maximum absolute atomic E-state index is 12.0. The van der Waals surface area contributed by atoms with E-state index in [0.717, 1.165) is 18.4 Å². The van der Waals surface area contributed by atoms with Crippen LogP contribution in [0.3, 0.4) is 0 Å². The molecule has 0 atom stereocenters. The van der Waals surface area contributed by atoms with Crippen molar-refractivity contribution in [3.63, 3.8) is 0 Å². The van der Waals surface area contributed by atoms with E-state index in [9.17, 15) is 9.59 Å². The van der Waals surface area contributed by atoms with E-state index >= 15 is 0 Å². The number of ether oxygens (including phenoxy) is 1. The second-order valence-electron chi connectivity index (χ2n) is 5.16. The van der Waals surface area contributed by atoms with Gasteiger partial charge in [0, 0.05) is 19.6 Å². The van der Waals surface area contributed by atoms with Crippen LogP contribution in [-0.2, 0) is 9.53 Å². The van der Waals surface area contributed by atoms with Gasteiger partial charge in [0.05, 0.1) is 11.3 Å². The maximum atomic E-state index is 12.0. The van der Waals surface area contributed by atoms with E-state index in [4.69, 9.17) is 9.84 Å². The summed E-state index contributed by atoms with van der Waals surface area (Å²) in [5.74, 6) is -0.846. The van der Waals surface area contributed by atoms with Crippen molar-refractivity contribution in [3.8, 4) is 0 Å². The molecule has 20 heavy (non-hydrogen) atoms. The molecule has 0 unspecified atom stereocenters. The standard InChI is InChI=1S/C15H19NO4/c1-10-2-3-13(12(8-10)15(18)19)16-14(17)9-11-4-6-20-7-5-11/h2-3,8,11H,4-7,9H2,1H3,(H,16,17)(H,18,19). The normalized spacial score (nSPS) is 15.8. The lowest BCUT2D eigenvalue weighted by molar-refractivity contribution is -0.117. The summed E-state index contributed by atoms with van der Waals surface area (Å²) in [7, 11) is 0. The second-order valence-corrected chi connectivity index (χ2v) is 5.16. The first-order chi connectivity index (χ1) is 9.56. The van der Waals surface area contributed by atoms with Crippen molar-refractivity contribution >= 4 is 17.6 Å². The number of nitrogens with one attached hydrogen (secondary N) is 1. The fourth-order valence-electron chi connectivity index (χ4n) is 2.36. The Balaban J connectivity index is 2.01. The van der Waals surface area contributed by atoms with E-state index in [2.05, 4.69) is 5.32 Å². The van der Waals surface area contributed by atoms with Crippen LogP contribution in [-0.4, -0.2) is 30.2 Å². The molecule has 108 valence electrons. The molecule has 2 N–H and O–H groups in total. The molecule has 0 aliphatic carbocycles. The van der Waals surface area contributed by atoms with Crippen molar-refractivity contribution in [2.24, 2.45) is 5.92 Å². The Kier molecular flexibility index (Phi) is 4.74. The second kappa shape index (κ2) is 6.52. The third-order valence-corrected chi connectivity index (χ3v) is 3.49. The number of rotatable bonds is 4. The number of hydrogen-bond donors (Lipinski definition) is 2. The van der Waals surface area contributed by atoms with Gasteiger partial charge < -0.3 is 15.2 Å². The molecule has 0 aromatic heterocycles. The molecule has 1 fully saturated rings. The Bertz CT molecular complexity index is 507. The number of hydrogen-bond acceptors (Lipinski definition) is 3. The number of anilines is 1.